The van der Waals surface area contributed by atoms with Crippen molar-refractivity contribution in [2.24, 2.45) is 0 Å². The van der Waals surface area contributed by atoms with Gasteiger partial charge < -0.3 is 10.1 Å². The average molecular weight is 214 g/mol. The molecule has 0 radical (unpaired) electrons. The Hall–Kier alpha value is -0.450. The van der Waals surface area contributed by atoms with Crippen LogP contribution in [0.1, 0.15) is 30.8 Å². The zero-order valence-electron chi connectivity index (χ0n) is 8.82. The molecule has 1 rings (SSSR count). The summed E-state index contributed by atoms with van der Waals surface area (Å²) in [5, 5.41) is 6.65. The first-order valence-electron chi connectivity index (χ1n) is 5.00. The Morgan fingerprint density at radius 3 is 3.07 bits per heavy atom. The van der Waals surface area contributed by atoms with E-state index in [1.807, 2.05) is 11.6 Å². The maximum Gasteiger partial charge on any atom is 0.109 e. The molecule has 0 spiro atoms. The summed E-state index contributed by atoms with van der Waals surface area (Å²) in [4.78, 5) is 4.33. The summed E-state index contributed by atoms with van der Waals surface area (Å²) in [7, 11) is 1.72. The average Bonchev–Trinajstić information content (AvgIpc) is 2.70. The molecule has 0 aliphatic heterocycles. The molecule has 0 bridgehead atoms. The predicted octanol–water partition coefficient (Wildman–Crippen LogP) is 2.22. The number of nitrogens with zero attached hydrogens (tertiary/aromatic N) is 1. The van der Waals surface area contributed by atoms with Crippen LogP contribution in [0.2, 0.25) is 0 Å². The Balaban J connectivity index is 2.39. The molecule has 1 aromatic heterocycles. The van der Waals surface area contributed by atoms with Crippen molar-refractivity contribution in [2.45, 2.75) is 25.8 Å². The third-order valence-electron chi connectivity index (χ3n) is 2.02. The quantitative estimate of drug-likeness (QED) is 0.707. The van der Waals surface area contributed by atoms with Gasteiger partial charge in [-0.2, -0.15) is 0 Å². The van der Waals surface area contributed by atoms with E-state index in [-0.39, 0.29) is 0 Å². The first kappa shape index (κ1) is 11.6. The SMILES string of the molecule is CCCC(NCCOC)c1nccs1. The molecule has 0 saturated heterocycles. The first-order valence-corrected chi connectivity index (χ1v) is 5.88. The Bertz CT molecular complexity index is 226. The molecule has 0 aliphatic rings. The zero-order valence-corrected chi connectivity index (χ0v) is 9.64. The van der Waals surface area contributed by atoms with Crippen LogP contribution in [0.25, 0.3) is 0 Å². The van der Waals surface area contributed by atoms with E-state index in [4.69, 9.17) is 4.74 Å². The molecular weight excluding hydrogens is 196 g/mol. The fraction of sp³-hybridized carbons (Fsp3) is 0.700. The van der Waals surface area contributed by atoms with Gasteiger partial charge in [-0.3, -0.25) is 0 Å². The third-order valence-corrected chi connectivity index (χ3v) is 2.91. The number of nitrogens with one attached hydrogen (secondary N) is 1. The Labute approximate surface area is 89.5 Å². The smallest absolute Gasteiger partial charge is 0.109 e. The molecule has 4 heteroatoms. The third kappa shape index (κ3) is 3.74. The lowest BCUT2D eigenvalue weighted by atomic mass is 10.2. The Morgan fingerprint density at radius 1 is 1.64 bits per heavy atom. The molecule has 3 nitrogen and oxygen atoms in total. The fourth-order valence-corrected chi connectivity index (χ4v) is 2.09. The van der Waals surface area contributed by atoms with E-state index in [0.29, 0.717) is 6.04 Å². The minimum Gasteiger partial charge on any atom is -0.383 e. The van der Waals surface area contributed by atoms with Crippen LogP contribution in [0.5, 0.6) is 0 Å². The van der Waals surface area contributed by atoms with Gasteiger partial charge in [-0.05, 0) is 6.42 Å². The van der Waals surface area contributed by atoms with Gasteiger partial charge in [-0.1, -0.05) is 13.3 Å². The second-order valence-corrected chi connectivity index (χ2v) is 4.08. The van der Waals surface area contributed by atoms with Gasteiger partial charge in [0.1, 0.15) is 5.01 Å². The van der Waals surface area contributed by atoms with Crippen LogP contribution >= 0.6 is 11.3 Å². The van der Waals surface area contributed by atoms with Gasteiger partial charge in [0.2, 0.25) is 0 Å². The molecule has 0 fully saturated rings. The molecule has 1 unspecified atom stereocenters. The van der Waals surface area contributed by atoms with E-state index in [1.165, 1.54) is 11.4 Å². The van der Waals surface area contributed by atoms with E-state index in [1.54, 1.807) is 18.4 Å². The normalized spacial score (nSPS) is 13.0. The maximum atomic E-state index is 5.01. The van der Waals surface area contributed by atoms with Crippen molar-refractivity contribution < 1.29 is 4.74 Å². The number of methoxy groups -OCH3 is 1. The summed E-state index contributed by atoms with van der Waals surface area (Å²) >= 11 is 1.71. The van der Waals surface area contributed by atoms with Crippen LogP contribution in [0.4, 0.5) is 0 Å². The summed E-state index contributed by atoms with van der Waals surface area (Å²) in [6.07, 6.45) is 4.17. The predicted molar refractivity (Wildman–Crippen MR) is 59.6 cm³/mol. The lowest BCUT2D eigenvalue weighted by Gasteiger charge is -2.14. The molecule has 80 valence electrons. The van der Waals surface area contributed by atoms with Crippen molar-refractivity contribution in [3.8, 4) is 0 Å². The van der Waals surface area contributed by atoms with Crippen LogP contribution < -0.4 is 5.32 Å². The molecule has 1 atom stereocenters. The van der Waals surface area contributed by atoms with Crippen molar-refractivity contribution in [2.75, 3.05) is 20.3 Å². The lowest BCUT2D eigenvalue weighted by molar-refractivity contribution is 0.195. The van der Waals surface area contributed by atoms with E-state index in [0.717, 1.165) is 19.6 Å². The van der Waals surface area contributed by atoms with Gasteiger partial charge in [-0.15, -0.1) is 11.3 Å². The lowest BCUT2D eigenvalue weighted by Crippen LogP contribution is -2.24. The topological polar surface area (TPSA) is 34.1 Å². The molecule has 1 N–H and O–H groups in total. The first-order chi connectivity index (χ1) is 6.88. The molecule has 0 amide bonds. The highest BCUT2D eigenvalue weighted by atomic mass is 32.1. The highest BCUT2D eigenvalue weighted by molar-refractivity contribution is 7.09. The van der Waals surface area contributed by atoms with Crippen molar-refractivity contribution in [1.29, 1.82) is 0 Å². The van der Waals surface area contributed by atoms with Gasteiger partial charge in [0.05, 0.1) is 12.6 Å². The second kappa shape index (κ2) is 6.92. The number of hydrogen-bond donors (Lipinski definition) is 1. The van der Waals surface area contributed by atoms with Gasteiger partial charge in [0, 0.05) is 25.2 Å². The van der Waals surface area contributed by atoms with Crippen LogP contribution in [-0.2, 0) is 4.74 Å². The molecule has 14 heavy (non-hydrogen) atoms. The monoisotopic (exact) mass is 214 g/mol. The van der Waals surface area contributed by atoms with Crippen LogP contribution in [-0.4, -0.2) is 25.2 Å². The minimum absolute atomic E-state index is 0.398. The van der Waals surface area contributed by atoms with Gasteiger partial charge in [0.25, 0.3) is 0 Å². The largest absolute Gasteiger partial charge is 0.383 e. The van der Waals surface area contributed by atoms with Crippen molar-refractivity contribution in [1.82, 2.24) is 10.3 Å². The summed E-state index contributed by atoms with van der Waals surface area (Å²) in [5.74, 6) is 0. The van der Waals surface area contributed by atoms with Crippen molar-refractivity contribution >= 4 is 11.3 Å². The summed E-state index contributed by atoms with van der Waals surface area (Å²) in [6, 6.07) is 0.398. The molecule has 0 aliphatic carbocycles. The number of ether oxygens (including phenoxy) is 1. The highest BCUT2D eigenvalue weighted by Crippen LogP contribution is 2.19. The van der Waals surface area contributed by atoms with Crippen LogP contribution in [0.15, 0.2) is 11.6 Å². The number of thiazole rings is 1. The molecule has 1 heterocycles. The molecule has 0 saturated carbocycles. The Morgan fingerprint density at radius 2 is 2.50 bits per heavy atom. The number of rotatable bonds is 7. The second-order valence-electron chi connectivity index (χ2n) is 3.16. The number of hydrogen-bond acceptors (Lipinski definition) is 4. The maximum absolute atomic E-state index is 5.01. The van der Waals surface area contributed by atoms with E-state index < -0.39 is 0 Å². The molecule has 1 aromatic rings. The van der Waals surface area contributed by atoms with Crippen molar-refractivity contribution in [3.63, 3.8) is 0 Å². The van der Waals surface area contributed by atoms with E-state index in [2.05, 4.69) is 17.2 Å². The van der Waals surface area contributed by atoms with Gasteiger partial charge in [-0.25, -0.2) is 4.98 Å². The summed E-state index contributed by atoms with van der Waals surface area (Å²) in [5.41, 5.74) is 0. The van der Waals surface area contributed by atoms with Crippen molar-refractivity contribution in [3.05, 3.63) is 16.6 Å². The van der Waals surface area contributed by atoms with Crippen LogP contribution in [0, 0.1) is 0 Å². The molecular formula is C10H18N2OS. The summed E-state index contributed by atoms with van der Waals surface area (Å²) in [6.45, 7) is 3.84. The van der Waals surface area contributed by atoms with Gasteiger partial charge >= 0.3 is 0 Å². The summed E-state index contributed by atoms with van der Waals surface area (Å²) < 4.78 is 5.01. The zero-order chi connectivity index (χ0) is 10.2. The van der Waals surface area contributed by atoms with E-state index >= 15 is 0 Å². The minimum atomic E-state index is 0.398. The Kier molecular flexibility index (Phi) is 5.75. The number of aromatic nitrogens is 1. The standard InChI is InChI=1S/C10H18N2OS/c1-3-4-9(11-5-7-13-2)10-12-6-8-14-10/h6,8-9,11H,3-5,7H2,1-2H3. The van der Waals surface area contributed by atoms with Crippen LogP contribution in [0.3, 0.4) is 0 Å². The molecule has 0 aromatic carbocycles. The highest BCUT2D eigenvalue weighted by Gasteiger charge is 2.11. The fourth-order valence-electron chi connectivity index (χ4n) is 1.34. The van der Waals surface area contributed by atoms with E-state index in [9.17, 15) is 0 Å². The van der Waals surface area contributed by atoms with Gasteiger partial charge in [0.15, 0.2) is 0 Å².